The highest BCUT2D eigenvalue weighted by atomic mass is 16.5. The van der Waals surface area contributed by atoms with E-state index in [1.165, 1.54) is 6.08 Å². The largest absolute Gasteiger partial charge is 0.478 e. The monoisotopic (exact) mass is 234 g/mol. The Hall–Kier alpha value is -2.10. The summed E-state index contributed by atoms with van der Waals surface area (Å²) in [5, 5.41) is 8.49. The Kier molecular flexibility index (Phi) is 4.46. The van der Waals surface area contributed by atoms with Gasteiger partial charge in [0.05, 0.1) is 11.7 Å². The fourth-order valence-corrected chi connectivity index (χ4v) is 1.22. The van der Waals surface area contributed by atoms with E-state index in [2.05, 4.69) is 0 Å². The van der Waals surface area contributed by atoms with Gasteiger partial charge in [-0.2, -0.15) is 0 Å². The molecule has 1 aromatic rings. The third-order valence-electron chi connectivity index (χ3n) is 1.88. The van der Waals surface area contributed by atoms with Crippen LogP contribution in [0.3, 0.4) is 0 Å². The Morgan fingerprint density at radius 2 is 2.06 bits per heavy atom. The third-order valence-corrected chi connectivity index (χ3v) is 1.88. The van der Waals surface area contributed by atoms with Gasteiger partial charge in [0.15, 0.2) is 0 Å². The molecule has 90 valence electrons. The number of carboxylic acids is 1. The molecule has 4 nitrogen and oxygen atoms in total. The van der Waals surface area contributed by atoms with E-state index < -0.39 is 11.9 Å². The van der Waals surface area contributed by atoms with Crippen molar-refractivity contribution in [2.24, 2.45) is 0 Å². The summed E-state index contributed by atoms with van der Waals surface area (Å²) in [4.78, 5) is 21.9. The van der Waals surface area contributed by atoms with Gasteiger partial charge >= 0.3 is 11.9 Å². The van der Waals surface area contributed by atoms with Gasteiger partial charge in [-0.15, -0.1) is 0 Å². The lowest BCUT2D eigenvalue weighted by Crippen LogP contribution is -2.11. The van der Waals surface area contributed by atoms with Gasteiger partial charge in [-0.1, -0.05) is 12.1 Å². The molecule has 0 aliphatic heterocycles. The second kappa shape index (κ2) is 5.84. The second-order valence-corrected chi connectivity index (χ2v) is 3.75. The SMILES string of the molecule is CC(C)OC(=O)c1cccc(/C=C/C(=O)O)c1. The van der Waals surface area contributed by atoms with Crippen LogP contribution in [0, 0.1) is 0 Å². The summed E-state index contributed by atoms with van der Waals surface area (Å²) >= 11 is 0. The van der Waals surface area contributed by atoms with Gasteiger partial charge in [0.2, 0.25) is 0 Å². The van der Waals surface area contributed by atoms with Crippen molar-refractivity contribution in [1.29, 1.82) is 0 Å². The van der Waals surface area contributed by atoms with Crippen molar-refractivity contribution in [3.8, 4) is 0 Å². The van der Waals surface area contributed by atoms with Crippen LogP contribution >= 0.6 is 0 Å². The van der Waals surface area contributed by atoms with Crippen molar-refractivity contribution in [1.82, 2.24) is 0 Å². The number of esters is 1. The number of ether oxygens (including phenoxy) is 1. The number of hydrogen-bond donors (Lipinski definition) is 1. The minimum absolute atomic E-state index is 0.180. The quantitative estimate of drug-likeness (QED) is 0.641. The number of benzene rings is 1. The topological polar surface area (TPSA) is 63.6 Å². The highest BCUT2D eigenvalue weighted by molar-refractivity contribution is 5.91. The molecule has 1 N–H and O–H groups in total. The first-order chi connectivity index (χ1) is 7.99. The van der Waals surface area contributed by atoms with Crippen LogP contribution in [-0.2, 0) is 9.53 Å². The maximum absolute atomic E-state index is 11.6. The highest BCUT2D eigenvalue weighted by Crippen LogP contribution is 2.09. The predicted octanol–water partition coefficient (Wildman–Crippen LogP) is 2.35. The molecule has 0 bridgehead atoms. The molecule has 0 spiro atoms. The summed E-state index contributed by atoms with van der Waals surface area (Å²) in [6.45, 7) is 3.54. The predicted molar refractivity (Wildman–Crippen MR) is 63.7 cm³/mol. The Morgan fingerprint density at radius 1 is 1.35 bits per heavy atom. The first-order valence-corrected chi connectivity index (χ1v) is 5.21. The van der Waals surface area contributed by atoms with Crippen LogP contribution in [0.5, 0.6) is 0 Å². The smallest absolute Gasteiger partial charge is 0.338 e. The number of carbonyl (C=O) groups is 2. The van der Waals surface area contributed by atoms with Crippen molar-refractivity contribution in [2.45, 2.75) is 20.0 Å². The van der Waals surface area contributed by atoms with Gasteiger partial charge in [-0.25, -0.2) is 9.59 Å². The zero-order valence-corrected chi connectivity index (χ0v) is 9.71. The second-order valence-electron chi connectivity index (χ2n) is 3.75. The van der Waals surface area contributed by atoms with E-state index in [9.17, 15) is 9.59 Å². The van der Waals surface area contributed by atoms with Crippen molar-refractivity contribution in [3.63, 3.8) is 0 Å². The van der Waals surface area contributed by atoms with E-state index in [1.54, 1.807) is 38.1 Å². The van der Waals surface area contributed by atoms with Crippen molar-refractivity contribution >= 4 is 18.0 Å². The summed E-state index contributed by atoms with van der Waals surface area (Å²) < 4.78 is 5.04. The fraction of sp³-hybridized carbons (Fsp3) is 0.231. The van der Waals surface area contributed by atoms with E-state index in [1.807, 2.05) is 0 Å². The summed E-state index contributed by atoms with van der Waals surface area (Å²) in [5.41, 5.74) is 1.05. The Bertz CT molecular complexity index is 446. The molecule has 4 heteroatoms. The summed E-state index contributed by atoms with van der Waals surface area (Å²) in [6.07, 6.45) is 2.27. The Labute approximate surface area is 99.5 Å². The number of carbonyl (C=O) groups excluding carboxylic acids is 1. The summed E-state index contributed by atoms with van der Waals surface area (Å²) in [6, 6.07) is 6.61. The standard InChI is InChI=1S/C13H14O4/c1-9(2)17-13(16)11-5-3-4-10(8-11)6-7-12(14)15/h3-9H,1-2H3,(H,14,15)/b7-6+. The van der Waals surface area contributed by atoms with Crippen LogP contribution in [0.1, 0.15) is 29.8 Å². The van der Waals surface area contributed by atoms with Crippen molar-refractivity contribution in [3.05, 3.63) is 41.5 Å². The van der Waals surface area contributed by atoms with E-state index in [-0.39, 0.29) is 6.10 Å². The minimum atomic E-state index is -1.03. The molecule has 0 aromatic heterocycles. The van der Waals surface area contributed by atoms with Gasteiger partial charge in [0.1, 0.15) is 0 Å². The number of rotatable bonds is 4. The highest BCUT2D eigenvalue weighted by Gasteiger charge is 2.08. The third kappa shape index (κ3) is 4.51. The van der Waals surface area contributed by atoms with Crippen LogP contribution < -0.4 is 0 Å². The Balaban J connectivity index is 2.85. The van der Waals surface area contributed by atoms with Gasteiger partial charge < -0.3 is 9.84 Å². The molecule has 0 atom stereocenters. The van der Waals surface area contributed by atoms with Crippen LogP contribution in [0.25, 0.3) is 6.08 Å². The van der Waals surface area contributed by atoms with Gasteiger partial charge in [0.25, 0.3) is 0 Å². The average Bonchev–Trinajstić information content (AvgIpc) is 2.26. The summed E-state index contributed by atoms with van der Waals surface area (Å²) in [7, 11) is 0. The molecule has 1 rings (SSSR count). The zero-order chi connectivity index (χ0) is 12.8. The molecule has 0 aliphatic rings. The Morgan fingerprint density at radius 3 is 2.65 bits per heavy atom. The number of hydrogen-bond acceptors (Lipinski definition) is 3. The first kappa shape index (κ1) is 13.0. The molecule has 0 radical (unpaired) electrons. The molecular weight excluding hydrogens is 220 g/mol. The lowest BCUT2D eigenvalue weighted by Gasteiger charge is -2.07. The molecule has 0 saturated carbocycles. The van der Waals surface area contributed by atoms with Crippen LogP contribution in [0.15, 0.2) is 30.3 Å². The molecule has 0 unspecified atom stereocenters. The minimum Gasteiger partial charge on any atom is -0.478 e. The number of carboxylic acid groups (broad SMARTS) is 1. The van der Waals surface area contributed by atoms with Crippen LogP contribution in [-0.4, -0.2) is 23.1 Å². The average molecular weight is 234 g/mol. The lowest BCUT2D eigenvalue weighted by molar-refractivity contribution is -0.131. The van der Waals surface area contributed by atoms with E-state index in [0.29, 0.717) is 11.1 Å². The molecule has 0 heterocycles. The lowest BCUT2D eigenvalue weighted by atomic mass is 10.1. The molecule has 1 aromatic carbocycles. The van der Waals surface area contributed by atoms with Gasteiger partial charge in [0, 0.05) is 6.08 Å². The first-order valence-electron chi connectivity index (χ1n) is 5.21. The van der Waals surface area contributed by atoms with Gasteiger partial charge in [-0.3, -0.25) is 0 Å². The van der Waals surface area contributed by atoms with Crippen molar-refractivity contribution < 1.29 is 19.4 Å². The van der Waals surface area contributed by atoms with E-state index in [0.717, 1.165) is 6.08 Å². The van der Waals surface area contributed by atoms with E-state index in [4.69, 9.17) is 9.84 Å². The zero-order valence-electron chi connectivity index (χ0n) is 9.71. The maximum atomic E-state index is 11.6. The molecule has 0 fully saturated rings. The van der Waals surface area contributed by atoms with Crippen LogP contribution in [0.4, 0.5) is 0 Å². The van der Waals surface area contributed by atoms with Gasteiger partial charge in [-0.05, 0) is 37.6 Å². The molecule has 0 amide bonds. The normalized spacial score (nSPS) is 10.8. The van der Waals surface area contributed by atoms with Crippen molar-refractivity contribution in [2.75, 3.05) is 0 Å². The molecular formula is C13H14O4. The molecule has 0 saturated heterocycles. The maximum Gasteiger partial charge on any atom is 0.338 e. The fourth-order valence-electron chi connectivity index (χ4n) is 1.22. The summed E-state index contributed by atoms with van der Waals surface area (Å²) in [5.74, 6) is -1.44. The van der Waals surface area contributed by atoms with Crippen LogP contribution in [0.2, 0.25) is 0 Å². The number of aliphatic carboxylic acids is 1. The molecule has 17 heavy (non-hydrogen) atoms. The molecule has 0 aliphatic carbocycles. The van der Waals surface area contributed by atoms with E-state index >= 15 is 0 Å².